The van der Waals surface area contributed by atoms with Gasteiger partial charge in [-0.2, -0.15) is 5.10 Å². The highest BCUT2D eigenvalue weighted by Gasteiger charge is 2.24. The van der Waals surface area contributed by atoms with Gasteiger partial charge in [0.2, 0.25) is 0 Å². The third kappa shape index (κ3) is 3.22. The van der Waals surface area contributed by atoms with Crippen LogP contribution >= 0.6 is 0 Å². The lowest BCUT2D eigenvalue weighted by molar-refractivity contribution is 0.267. The minimum atomic E-state index is -3.74. The smallest absolute Gasteiger partial charge is 0.265 e. The van der Waals surface area contributed by atoms with Gasteiger partial charge in [0.15, 0.2) is 0 Å². The lowest BCUT2D eigenvalue weighted by atomic mass is 10.3. The van der Waals surface area contributed by atoms with Gasteiger partial charge in [-0.05, 0) is 32.4 Å². The van der Waals surface area contributed by atoms with Gasteiger partial charge in [-0.25, -0.2) is 8.42 Å². The number of aryl methyl sites for hydroxylation is 2. The van der Waals surface area contributed by atoms with E-state index < -0.39 is 10.0 Å². The molecule has 0 radical (unpaired) electrons. The molecule has 0 aliphatic rings. The molecule has 0 bridgehead atoms. The van der Waals surface area contributed by atoms with Crippen molar-refractivity contribution < 1.29 is 13.5 Å². The van der Waals surface area contributed by atoms with Gasteiger partial charge in [0.25, 0.3) is 10.0 Å². The van der Waals surface area contributed by atoms with Crippen molar-refractivity contribution in [2.45, 2.75) is 32.2 Å². The molecule has 2 heterocycles. The zero-order valence-electron chi connectivity index (χ0n) is 12.2. The van der Waals surface area contributed by atoms with Crippen molar-refractivity contribution in [1.82, 2.24) is 14.8 Å². The second-order valence-corrected chi connectivity index (χ2v) is 6.42. The topological polar surface area (TPSA) is 97.1 Å². The Morgan fingerprint density at radius 1 is 1.29 bits per heavy atom. The summed E-state index contributed by atoms with van der Waals surface area (Å²) in [5.74, 6) is 0. The fourth-order valence-corrected chi connectivity index (χ4v) is 3.65. The summed E-state index contributed by atoms with van der Waals surface area (Å²) in [5.41, 5.74) is 2.16. The van der Waals surface area contributed by atoms with Gasteiger partial charge in [0.05, 0.1) is 36.4 Å². The number of aliphatic hydroxyl groups is 1. The molecular formula is C13H18N4O3S. The van der Waals surface area contributed by atoms with Crippen LogP contribution in [0.4, 0.5) is 5.69 Å². The third-order valence-electron chi connectivity index (χ3n) is 3.02. The minimum absolute atomic E-state index is 0.101. The number of aliphatic hydroxyl groups excluding tert-OH is 1. The Labute approximate surface area is 123 Å². The second kappa shape index (κ2) is 5.82. The van der Waals surface area contributed by atoms with Crippen LogP contribution in [-0.2, 0) is 16.6 Å². The Morgan fingerprint density at radius 2 is 2.00 bits per heavy atom. The number of nitrogens with zero attached hydrogens (tertiary/aromatic N) is 3. The Morgan fingerprint density at radius 3 is 2.62 bits per heavy atom. The van der Waals surface area contributed by atoms with Crippen molar-refractivity contribution in [3.05, 3.63) is 35.4 Å². The summed E-state index contributed by atoms with van der Waals surface area (Å²) < 4.78 is 29.0. The lowest BCUT2D eigenvalue weighted by Gasteiger charge is -2.09. The molecule has 0 atom stereocenters. The Balaban J connectivity index is 2.40. The normalized spacial score (nSPS) is 11.6. The van der Waals surface area contributed by atoms with Gasteiger partial charge in [0, 0.05) is 6.20 Å². The third-order valence-corrected chi connectivity index (χ3v) is 4.66. The summed E-state index contributed by atoms with van der Waals surface area (Å²) in [6.07, 6.45) is 3.10. The molecular weight excluding hydrogens is 292 g/mol. The Kier molecular flexibility index (Phi) is 4.29. The SMILES string of the molecule is Cc1cncc(NS(=O)(=O)c2c(C)nn(CCO)c2C)c1. The highest BCUT2D eigenvalue weighted by molar-refractivity contribution is 7.92. The first-order chi connectivity index (χ1) is 9.85. The van der Waals surface area contributed by atoms with Crippen LogP contribution in [0.2, 0.25) is 0 Å². The fraction of sp³-hybridized carbons (Fsp3) is 0.385. The van der Waals surface area contributed by atoms with E-state index in [1.54, 1.807) is 26.1 Å². The minimum Gasteiger partial charge on any atom is -0.394 e. The number of aromatic nitrogens is 3. The molecule has 114 valence electrons. The second-order valence-electron chi connectivity index (χ2n) is 4.80. The summed E-state index contributed by atoms with van der Waals surface area (Å²) in [5, 5.41) is 13.1. The van der Waals surface area contributed by atoms with E-state index in [-0.39, 0.29) is 18.0 Å². The van der Waals surface area contributed by atoms with Gasteiger partial charge in [0.1, 0.15) is 4.90 Å². The molecule has 0 amide bonds. The lowest BCUT2D eigenvalue weighted by Crippen LogP contribution is -2.15. The number of hydrogen-bond donors (Lipinski definition) is 2. The van der Waals surface area contributed by atoms with Crippen molar-refractivity contribution in [3.63, 3.8) is 0 Å². The predicted octanol–water partition coefficient (Wildman–Crippen LogP) is 0.996. The van der Waals surface area contributed by atoms with Crippen molar-refractivity contribution in [3.8, 4) is 0 Å². The molecule has 0 unspecified atom stereocenters. The molecule has 2 aromatic rings. The molecule has 0 saturated heterocycles. The Hall–Kier alpha value is -1.93. The van der Waals surface area contributed by atoms with Gasteiger partial charge in [-0.3, -0.25) is 14.4 Å². The van der Waals surface area contributed by atoms with E-state index >= 15 is 0 Å². The first-order valence-corrected chi connectivity index (χ1v) is 7.93. The zero-order chi connectivity index (χ0) is 15.6. The number of rotatable bonds is 5. The van der Waals surface area contributed by atoms with Crippen molar-refractivity contribution in [2.75, 3.05) is 11.3 Å². The number of sulfonamides is 1. The predicted molar refractivity (Wildman–Crippen MR) is 78.6 cm³/mol. The average molecular weight is 310 g/mol. The van der Waals surface area contributed by atoms with E-state index in [1.807, 2.05) is 6.92 Å². The summed E-state index contributed by atoms with van der Waals surface area (Å²) in [4.78, 5) is 4.10. The summed E-state index contributed by atoms with van der Waals surface area (Å²) in [6, 6.07) is 1.70. The largest absolute Gasteiger partial charge is 0.394 e. The van der Waals surface area contributed by atoms with E-state index in [0.29, 0.717) is 17.1 Å². The molecule has 0 aromatic carbocycles. The molecule has 8 heteroatoms. The van der Waals surface area contributed by atoms with Gasteiger partial charge in [-0.15, -0.1) is 0 Å². The van der Waals surface area contributed by atoms with Crippen molar-refractivity contribution >= 4 is 15.7 Å². The van der Waals surface area contributed by atoms with Gasteiger partial charge >= 0.3 is 0 Å². The van der Waals surface area contributed by atoms with E-state index in [9.17, 15) is 8.42 Å². The standard InChI is InChI=1S/C13H18N4O3S/c1-9-6-12(8-14-7-9)16-21(19,20)13-10(2)15-17(4-5-18)11(13)3/h6-8,16,18H,4-5H2,1-3H3. The van der Waals surface area contributed by atoms with Crippen molar-refractivity contribution in [1.29, 1.82) is 0 Å². The van der Waals surface area contributed by atoms with Gasteiger partial charge in [-0.1, -0.05) is 0 Å². The maximum Gasteiger partial charge on any atom is 0.265 e. The molecule has 0 saturated carbocycles. The van der Waals surface area contributed by atoms with Gasteiger partial charge < -0.3 is 5.11 Å². The maximum absolute atomic E-state index is 12.5. The van der Waals surface area contributed by atoms with Crippen LogP contribution in [0.15, 0.2) is 23.4 Å². The number of nitrogens with one attached hydrogen (secondary N) is 1. The molecule has 21 heavy (non-hydrogen) atoms. The number of anilines is 1. The van der Waals surface area contributed by atoms with E-state index in [2.05, 4.69) is 14.8 Å². The molecule has 2 aromatic heterocycles. The molecule has 0 fully saturated rings. The molecule has 0 aliphatic heterocycles. The van der Waals surface area contributed by atoms with Crippen LogP contribution in [0, 0.1) is 20.8 Å². The summed E-state index contributed by atoms with van der Waals surface area (Å²) >= 11 is 0. The van der Waals surface area contributed by atoms with E-state index in [0.717, 1.165) is 5.56 Å². The highest BCUT2D eigenvalue weighted by Crippen LogP contribution is 2.22. The highest BCUT2D eigenvalue weighted by atomic mass is 32.2. The molecule has 7 nitrogen and oxygen atoms in total. The zero-order valence-corrected chi connectivity index (χ0v) is 13.0. The van der Waals surface area contributed by atoms with Crippen LogP contribution in [0.3, 0.4) is 0 Å². The number of pyridine rings is 1. The molecule has 2 rings (SSSR count). The summed E-state index contributed by atoms with van der Waals surface area (Å²) in [7, 11) is -3.74. The van der Waals surface area contributed by atoms with Crippen LogP contribution in [0.25, 0.3) is 0 Å². The number of hydrogen-bond acceptors (Lipinski definition) is 5. The maximum atomic E-state index is 12.5. The van der Waals surface area contributed by atoms with Crippen LogP contribution in [-0.4, -0.2) is 34.9 Å². The Bertz CT molecular complexity index is 753. The van der Waals surface area contributed by atoms with Crippen LogP contribution < -0.4 is 4.72 Å². The molecule has 2 N–H and O–H groups in total. The van der Waals surface area contributed by atoms with Crippen LogP contribution in [0.5, 0.6) is 0 Å². The molecule has 0 spiro atoms. The first-order valence-electron chi connectivity index (χ1n) is 6.44. The fourth-order valence-electron chi connectivity index (χ4n) is 2.20. The van der Waals surface area contributed by atoms with E-state index in [4.69, 9.17) is 5.11 Å². The quantitative estimate of drug-likeness (QED) is 0.858. The van der Waals surface area contributed by atoms with E-state index in [1.165, 1.54) is 10.9 Å². The van der Waals surface area contributed by atoms with Crippen LogP contribution in [0.1, 0.15) is 17.0 Å². The summed E-state index contributed by atoms with van der Waals surface area (Å²) in [6.45, 7) is 5.29. The monoisotopic (exact) mass is 310 g/mol. The first kappa shape index (κ1) is 15.5. The molecule has 0 aliphatic carbocycles. The average Bonchev–Trinajstić information content (AvgIpc) is 2.64. The van der Waals surface area contributed by atoms with Crippen molar-refractivity contribution in [2.24, 2.45) is 0 Å².